The van der Waals surface area contributed by atoms with Gasteiger partial charge in [0.25, 0.3) is 0 Å². The summed E-state index contributed by atoms with van der Waals surface area (Å²) >= 11 is 3.37. The van der Waals surface area contributed by atoms with Crippen molar-refractivity contribution in [1.29, 1.82) is 0 Å². The monoisotopic (exact) mass is 282 g/mol. The molecule has 0 radical (unpaired) electrons. The van der Waals surface area contributed by atoms with Gasteiger partial charge in [-0.3, -0.25) is 4.79 Å². The third-order valence-corrected chi connectivity index (χ3v) is 3.32. The molecule has 1 aromatic carbocycles. The van der Waals surface area contributed by atoms with Crippen molar-refractivity contribution >= 4 is 21.7 Å². The number of carbonyl (C=O) groups is 1. The van der Waals surface area contributed by atoms with Gasteiger partial charge in [-0.15, -0.1) is 0 Å². The second-order valence-corrected chi connectivity index (χ2v) is 5.07. The van der Waals surface area contributed by atoms with E-state index < -0.39 is 0 Å². The fraction of sp³-hybridized carbons (Fsp3) is 0.462. The zero-order valence-corrected chi connectivity index (χ0v) is 10.9. The minimum atomic E-state index is 0.0705. The van der Waals surface area contributed by atoms with Crippen LogP contribution in [-0.4, -0.2) is 11.9 Å². The lowest BCUT2D eigenvalue weighted by Gasteiger charge is -2.25. The van der Waals surface area contributed by atoms with Gasteiger partial charge in [0, 0.05) is 10.9 Å². The summed E-state index contributed by atoms with van der Waals surface area (Å²) in [5.74, 6) is 0.934. The first-order valence-corrected chi connectivity index (χ1v) is 6.49. The molecule has 2 nitrogen and oxygen atoms in total. The van der Waals surface area contributed by atoms with Crippen LogP contribution in [0.15, 0.2) is 22.7 Å². The summed E-state index contributed by atoms with van der Waals surface area (Å²) in [6, 6.07) is 5.62. The highest BCUT2D eigenvalue weighted by atomic mass is 79.9. The largest absolute Gasteiger partial charge is 0.489 e. The molecule has 0 aromatic heterocycles. The topological polar surface area (TPSA) is 26.3 Å². The van der Waals surface area contributed by atoms with E-state index in [2.05, 4.69) is 22.9 Å². The van der Waals surface area contributed by atoms with Gasteiger partial charge < -0.3 is 4.74 Å². The number of rotatable bonds is 3. The summed E-state index contributed by atoms with van der Waals surface area (Å²) in [5.41, 5.74) is 0.710. The van der Waals surface area contributed by atoms with E-state index in [1.165, 1.54) is 0 Å². The van der Waals surface area contributed by atoms with Crippen molar-refractivity contribution in [1.82, 2.24) is 0 Å². The Hall–Kier alpha value is -0.830. The van der Waals surface area contributed by atoms with Crippen LogP contribution in [0.2, 0.25) is 0 Å². The van der Waals surface area contributed by atoms with Crippen LogP contribution in [0.1, 0.15) is 43.0 Å². The molecule has 0 spiro atoms. The number of fused-ring (bicyclic) bond motifs is 1. The normalized spacial score (nSPS) is 19.1. The Morgan fingerprint density at radius 1 is 1.50 bits per heavy atom. The first-order valence-electron chi connectivity index (χ1n) is 5.70. The average Bonchev–Trinajstić information content (AvgIpc) is 2.27. The SMILES string of the molecule is CCCC[C@H]1CC(=O)c2cc(Br)ccc2O1. The van der Waals surface area contributed by atoms with Crippen molar-refractivity contribution in [3.8, 4) is 5.75 Å². The van der Waals surface area contributed by atoms with Gasteiger partial charge >= 0.3 is 0 Å². The molecule has 1 aromatic rings. The predicted octanol–water partition coefficient (Wildman–Crippen LogP) is 3.97. The number of halogens is 1. The van der Waals surface area contributed by atoms with E-state index in [-0.39, 0.29) is 11.9 Å². The minimum Gasteiger partial charge on any atom is -0.489 e. The molecule has 0 amide bonds. The molecule has 2 rings (SSSR count). The van der Waals surface area contributed by atoms with Gasteiger partial charge in [0.15, 0.2) is 5.78 Å². The standard InChI is InChI=1S/C13H15BrO2/c1-2-3-4-10-8-12(15)11-7-9(14)5-6-13(11)16-10/h5-7,10H,2-4,8H2,1H3/t10-/m0/s1. The van der Waals surface area contributed by atoms with Crippen LogP contribution in [-0.2, 0) is 0 Å². The van der Waals surface area contributed by atoms with Gasteiger partial charge in [0.05, 0.1) is 5.56 Å². The summed E-state index contributed by atoms with van der Waals surface area (Å²) in [6.45, 7) is 2.15. The molecule has 0 aliphatic carbocycles. The molecular weight excluding hydrogens is 268 g/mol. The molecule has 0 fully saturated rings. The highest BCUT2D eigenvalue weighted by molar-refractivity contribution is 9.10. The van der Waals surface area contributed by atoms with Crippen molar-refractivity contribution in [3.05, 3.63) is 28.2 Å². The number of hydrogen-bond acceptors (Lipinski definition) is 2. The Morgan fingerprint density at radius 2 is 2.31 bits per heavy atom. The molecule has 0 bridgehead atoms. The number of benzene rings is 1. The lowest BCUT2D eigenvalue weighted by Crippen LogP contribution is -2.26. The Kier molecular flexibility index (Phi) is 3.64. The van der Waals surface area contributed by atoms with Gasteiger partial charge in [0.2, 0.25) is 0 Å². The molecular formula is C13H15BrO2. The third kappa shape index (κ3) is 2.46. The second kappa shape index (κ2) is 5.00. The number of hydrogen-bond donors (Lipinski definition) is 0. The molecule has 1 atom stereocenters. The molecule has 1 aliphatic heterocycles. The van der Waals surface area contributed by atoms with E-state index in [0.29, 0.717) is 12.0 Å². The lowest BCUT2D eigenvalue weighted by atomic mass is 9.98. The predicted molar refractivity (Wildman–Crippen MR) is 67.0 cm³/mol. The van der Waals surface area contributed by atoms with Crippen LogP contribution in [0.25, 0.3) is 0 Å². The van der Waals surface area contributed by atoms with Crippen LogP contribution in [0.5, 0.6) is 5.75 Å². The van der Waals surface area contributed by atoms with Crippen molar-refractivity contribution in [3.63, 3.8) is 0 Å². The zero-order chi connectivity index (χ0) is 11.5. The van der Waals surface area contributed by atoms with E-state index in [4.69, 9.17) is 4.74 Å². The number of carbonyl (C=O) groups excluding carboxylic acids is 1. The van der Waals surface area contributed by atoms with Crippen LogP contribution in [0.3, 0.4) is 0 Å². The molecule has 86 valence electrons. The highest BCUT2D eigenvalue weighted by Gasteiger charge is 2.25. The minimum absolute atomic E-state index is 0.0705. The molecule has 1 aliphatic rings. The number of ketones is 1. The Balaban J connectivity index is 2.17. The number of ether oxygens (including phenoxy) is 1. The van der Waals surface area contributed by atoms with Crippen molar-refractivity contribution < 1.29 is 9.53 Å². The summed E-state index contributed by atoms with van der Waals surface area (Å²) in [6.07, 6.45) is 3.81. The fourth-order valence-electron chi connectivity index (χ4n) is 1.95. The number of unbranched alkanes of at least 4 members (excludes halogenated alkanes) is 1. The Labute approximate surface area is 104 Å². The van der Waals surface area contributed by atoms with E-state index in [1.807, 2.05) is 18.2 Å². The average molecular weight is 283 g/mol. The van der Waals surface area contributed by atoms with Gasteiger partial charge in [-0.2, -0.15) is 0 Å². The van der Waals surface area contributed by atoms with Gasteiger partial charge in [0.1, 0.15) is 11.9 Å². The van der Waals surface area contributed by atoms with Crippen LogP contribution < -0.4 is 4.74 Å². The van der Waals surface area contributed by atoms with E-state index in [1.54, 1.807) is 0 Å². The van der Waals surface area contributed by atoms with Crippen LogP contribution in [0.4, 0.5) is 0 Å². The maximum Gasteiger partial charge on any atom is 0.170 e. The molecule has 16 heavy (non-hydrogen) atoms. The highest BCUT2D eigenvalue weighted by Crippen LogP contribution is 2.31. The van der Waals surface area contributed by atoms with Gasteiger partial charge in [-0.1, -0.05) is 35.7 Å². The van der Waals surface area contributed by atoms with Crippen molar-refractivity contribution in [2.75, 3.05) is 0 Å². The maximum atomic E-state index is 11.9. The summed E-state index contributed by atoms with van der Waals surface area (Å²) < 4.78 is 6.74. The zero-order valence-electron chi connectivity index (χ0n) is 9.33. The first kappa shape index (κ1) is 11.6. The fourth-order valence-corrected chi connectivity index (χ4v) is 2.31. The quantitative estimate of drug-likeness (QED) is 0.839. The maximum absolute atomic E-state index is 11.9. The molecule has 0 saturated carbocycles. The van der Waals surface area contributed by atoms with Crippen LogP contribution in [0, 0.1) is 0 Å². The van der Waals surface area contributed by atoms with E-state index in [9.17, 15) is 4.79 Å². The van der Waals surface area contributed by atoms with Crippen LogP contribution >= 0.6 is 15.9 Å². The Bertz CT molecular complexity index is 401. The summed E-state index contributed by atoms with van der Waals surface area (Å²) in [4.78, 5) is 11.9. The van der Waals surface area contributed by atoms with E-state index >= 15 is 0 Å². The van der Waals surface area contributed by atoms with Gasteiger partial charge in [-0.25, -0.2) is 0 Å². The molecule has 3 heteroatoms. The number of Topliss-reactive ketones (excluding diaryl/α,β-unsaturated/α-hetero) is 1. The van der Waals surface area contributed by atoms with Crippen molar-refractivity contribution in [2.45, 2.75) is 38.7 Å². The first-order chi connectivity index (χ1) is 7.70. The van der Waals surface area contributed by atoms with E-state index in [0.717, 1.165) is 29.5 Å². The Morgan fingerprint density at radius 3 is 3.06 bits per heavy atom. The third-order valence-electron chi connectivity index (χ3n) is 2.83. The molecule has 0 N–H and O–H groups in total. The molecule has 0 saturated heterocycles. The lowest BCUT2D eigenvalue weighted by molar-refractivity contribution is 0.0835. The summed E-state index contributed by atoms with van der Waals surface area (Å²) in [5, 5.41) is 0. The summed E-state index contributed by atoms with van der Waals surface area (Å²) in [7, 11) is 0. The smallest absolute Gasteiger partial charge is 0.170 e. The molecule has 0 unspecified atom stereocenters. The van der Waals surface area contributed by atoms with Gasteiger partial charge in [-0.05, 0) is 24.6 Å². The second-order valence-electron chi connectivity index (χ2n) is 4.15. The molecule has 1 heterocycles. The van der Waals surface area contributed by atoms with Crippen molar-refractivity contribution in [2.24, 2.45) is 0 Å².